The van der Waals surface area contributed by atoms with E-state index in [4.69, 9.17) is 18.9 Å². The highest BCUT2D eigenvalue weighted by atomic mass is 32.1. The van der Waals surface area contributed by atoms with Crippen LogP contribution in [-0.4, -0.2) is 49.3 Å². The van der Waals surface area contributed by atoms with Crippen molar-refractivity contribution in [3.63, 3.8) is 0 Å². The highest BCUT2D eigenvalue weighted by Gasteiger charge is 2.35. The second kappa shape index (κ2) is 8.70. The maximum Gasteiger partial charge on any atom is 0.326 e. The fourth-order valence-corrected chi connectivity index (χ4v) is 2.67. The lowest BCUT2D eigenvalue weighted by Crippen LogP contribution is -2.27. The zero-order valence-corrected chi connectivity index (χ0v) is 15.8. The van der Waals surface area contributed by atoms with Gasteiger partial charge in [0, 0.05) is 11.5 Å². The minimum absolute atomic E-state index is 0.0957. The Morgan fingerprint density at radius 2 is 1.54 bits per heavy atom. The van der Waals surface area contributed by atoms with Crippen LogP contribution >= 0.6 is 12.6 Å². The first-order chi connectivity index (χ1) is 12.5. The van der Waals surface area contributed by atoms with Gasteiger partial charge in [-0.2, -0.15) is 0 Å². The van der Waals surface area contributed by atoms with Crippen molar-refractivity contribution in [3.8, 4) is 11.5 Å². The number of rotatable bonds is 7. The Kier molecular flexibility index (Phi) is 6.62. The van der Waals surface area contributed by atoms with Crippen LogP contribution in [0, 0.1) is 0 Å². The van der Waals surface area contributed by atoms with Crippen molar-refractivity contribution in [2.75, 3.05) is 27.4 Å². The molecule has 1 heterocycles. The molecule has 8 nitrogen and oxygen atoms in total. The molecule has 2 aromatic rings. The molecule has 0 atom stereocenters. The Labute approximate surface area is 156 Å². The summed E-state index contributed by atoms with van der Waals surface area (Å²) in [7, 11) is 2.97. The van der Waals surface area contributed by atoms with Gasteiger partial charge in [0.25, 0.3) is 0 Å². The van der Waals surface area contributed by atoms with Gasteiger partial charge >= 0.3 is 11.9 Å². The summed E-state index contributed by atoms with van der Waals surface area (Å²) in [5.41, 5.74) is 0.578. The first-order valence-corrected chi connectivity index (χ1v) is 8.37. The summed E-state index contributed by atoms with van der Waals surface area (Å²) >= 11 is 4.18. The standard InChI is InChI=1S/C17H20N2O6S/c1-5-24-15(20)13(16(21)25-6-2)14-9-7-11(22-3)12(23-4)8-10(9)18-17(26)19-14/h7-8,13H,5-6H2,1-4H3,(H,18,19,26). The molecule has 0 unspecified atom stereocenters. The van der Waals surface area contributed by atoms with Gasteiger partial charge in [0.15, 0.2) is 22.6 Å². The molecule has 0 N–H and O–H groups in total. The number of methoxy groups -OCH3 is 2. The van der Waals surface area contributed by atoms with Crippen LogP contribution in [-0.2, 0) is 19.1 Å². The number of nitrogens with zero attached hydrogens (tertiary/aromatic N) is 2. The van der Waals surface area contributed by atoms with Crippen molar-refractivity contribution < 1.29 is 28.5 Å². The van der Waals surface area contributed by atoms with Gasteiger partial charge in [-0.15, -0.1) is 12.6 Å². The third-order valence-electron chi connectivity index (χ3n) is 3.54. The third kappa shape index (κ3) is 3.98. The first kappa shape index (κ1) is 19.8. The molecular weight excluding hydrogens is 360 g/mol. The minimum Gasteiger partial charge on any atom is -0.493 e. The van der Waals surface area contributed by atoms with Gasteiger partial charge in [0.1, 0.15) is 0 Å². The van der Waals surface area contributed by atoms with Crippen LogP contribution < -0.4 is 9.47 Å². The summed E-state index contributed by atoms with van der Waals surface area (Å²) in [6, 6.07) is 3.22. The topological polar surface area (TPSA) is 96.8 Å². The monoisotopic (exact) mass is 380 g/mol. The number of hydrogen-bond donors (Lipinski definition) is 1. The van der Waals surface area contributed by atoms with Gasteiger partial charge in [-0.3, -0.25) is 9.59 Å². The van der Waals surface area contributed by atoms with Gasteiger partial charge in [0.2, 0.25) is 0 Å². The van der Waals surface area contributed by atoms with Crippen LogP contribution in [0.25, 0.3) is 10.9 Å². The Morgan fingerprint density at radius 1 is 1.00 bits per heavy atom. The third-order valence-corrected chi connectivity index (χ3v) is 3.74. The van der Waals surface area contributed by atoms with Crippen LogP contribution in [0.4, 0.5) is 0 Å². The van der Waals surface area contributed by atoms with Gasteiger partial charge in [0.05, 0.1) is 38.6 Å². The fraction of sp³-hybridized carbons (Fsp3) is 0.412. The zero-order chi connectivity index (χ0) is 19.3. The predicted octanol–water partition coefficient (Wildman–Crippen LogP) is 2.15. The molecule has 0 fully saturated rings. The Hall–Kier alpha value is -2.55. The van der Waals surface area contributed by atoms with E-state index in [-0.39, 0.29) is 24.1 Å². The number of carbonyl (C=O) groups excluding carboxylic acids is 2. The van der Waals surface area contributed by atoms with E-state index in [1.54, 1.807) is 26.0 Å². The Morgan fingerprint density at radius 3 is 2.04 bits per heavy atom. The number of ether oxygens (including phenoxy) is 4. The molecule has 0 aliphatic heterocycles. The van der Waals surface area contributed by atoms with E-state index in [1.165, 1.54) is 14.2 Å². The van der Waals surface area contributed by atoms with E-state index in [0.717, 1.165) is 0 Å². The van der Waals surface area contributed by atoms with Gasteiger partial charge in [-0.1, -0.05) is 0 Å². The van der Waals surface area contributed by atoms with Crippen LogP contribution in [0.1, 0.15) is 25.5 Å². The maximum atomic E-state index is 12.4. The van der Waals surface area contributed by atoms with E-state index in [0.29, 0.717) is 22.4 Å². The molecule has 0 aliphatic rings. The second-order valence-electron chi connectivity index (χ2n) is 5.07. The SMILES string of the molecule is CCOC(=O)C(C(=O)OCC)c1nc(S)nc2cc(OC)c(OC)cc12. The highest BCUT2D eigenvalue weighted by Crippen LogP contribution is 2.35. The van der Waals surface area contributed by atoms with Gasteiger partial charge in [-0.25, -0.2) is 9.97 Å². The molecule has 0 saturated carbocycles. The summed E-state index contributed by atoms with van der Waals surface area (Å²) in [4.78, 5) is 33.3. The molecule has 26 heavy (non-hydrogen) atoms. The Balaban J connectivity index is 2.73. The number of carbonyl (C=O) groups is 2. The van der Waals surface area contributed by atoms with Crippen molar-refractivity contribution in [1.82, 2.24) is 9.97 Å². The quantitative estimate of drug-likeness (QED) is 0.338. The molecule has 1 aromatic heterocycles. The summed E-state index contributed by atoms with van der Waals surface area (Å²) < 4.78 is 20.6. The zero-order valence-electron chi connectivity index (χ0n) is 14.9. The molecule has 0 spiro atoms. The second-order valence-corrected chi connectivity index (χ2v) is 5.47. The molecule has 1 aromatic carbocycles. The molecule has 140 valence electrons. The first-order valence-electron chi connectivity index (χ1n) is 7.92. The fourth-order valence-electron chi connectivity index (χ4n) is 2.46. The Bertz CT molecular complexity index is 808. The molecule has 0 aliphatic carbocycles. The number of esters is 2. The molecule has 0 saturated heterocycles. The number of thiol groups is 1. The number of hydrogen-bond acceptors (Lipinski definition) is 9. The van der Waals surface area contributed by atoms with Crippen LogP contribution in [0.15, 0.2) is 17.3 Å². The number of benzene rings is 1. The van der Waals surface area contributed by atoms with Crippen molar-refractivity contribution in [2.24, 2.45) is 0 Å². The molecular formula is C17H20N2O6S. The molecule has 0 amide bonds. The van der Waals surface area contributed by atoms with Gasteiger partial charge < -0.3 is 18.9 Å². The van der Waals surface area contributed by atoms with Crippen LogP contribution in [0.3, 0.4) is 0 Å². The number of fused-ring (bicyclic) bond motifs is 1. The summed E-state index contributed by atoms with van der Waals surface area (Å²) in [5, 5.41) is 0.532. The van der Waals surface area contributed by atoms with Crippen molar-refractivity contribution in [3.05, 3.63) is 17.8 Å². The summed E-state index contributed by atoms with van der Waals surface area (Å²) in [5.74, 6) is -2.02. The number of aromatic nitrogens is 2. The van der Waals surface area contributed by atoms with Crippen LogP contribution in [0.2, 0.25) is 0 Å². The van der Waals surface area contributed by atoms with Crippen molar-refractivity contribution >= 4 is 35.5 Å². The summed E-state index contributed by atoms with van der Waals surface area (Å²) in [6.45, 7) is 3.53. The summed E-state index contributed by atoms with van der Waals surface area (Å²) in [6.07, 6.45) is 0. The minimum atomic E-state index is -1.36. The van der Waals surface area contributed by atoms with Crippen molar-refractivity contribution in [1.29, 1.82) is 0 Å². The average molecular weight is 380 g/mol. The van der Waals surface area contributed by atoms with E-state index in [1.807, 2.05) is 0 Å². The van der Waals surface area contributed by atoms with E-state index >= 15 is 0 Å². The molecule has 2 rings (SSSR count). The van der Waals surface area contributed by atoms with Crippen LogP contribution in [0.5, 0.6) is 11.5 Å². The van der Waals surface area contributed by atoms with Gasteiger partial charge in [-0.05, 0) is 19.9 Å². The lowest BCUT2D eigenvalue weighted by Gasteiger charge is -2.17. The average Bonchev–Trinajstić information content (AvgIpc) is 2.61. The van der Waals surface area contributed by atoms with E-state index in [9.17, 15) is 9.59 Å². The molecule has 0 radical (unpaired) electrons. The van der Waals surface area contributed by atoms with E-state index in [2.05, 4.69) is 22.6 Å². The highest BCUT2D eigenvalue weighted by molar-refractivity contribution is 7.80. The molecule has 0 bridgehead atoms. The maximum absolute atomic E-state index is 12.4. The lowest BCUT2D eigenvalue weighted by atomic mass is 10.0. The normalized spacial score (nSPS) is 10.7. The van der Waals surface area contributed by atoms with E-state index < -0.39 is 17.9 Å². The molecule has 9 heteroatoms. The lowest BCUT2D eigenvalue weighted by molar-refractivity contribution is -0.157. The largest absolute Gasteiger partial charge is 0.493 e. The van der Waals surface area contributed by atoms with Crippen molar-refractivity contribution in [2.45, 2.75) is 24.9 Å². The smallest absolute Gasteiger partial charge is 0.326 e. The predicted molar refractivity (Wildman–Crippen MR) is 95.9 cm³/mol.